The summed E-state index contributed by atoms with van der Waals surface area (Å²) < 4.78 is 34.3. The van der Waals surface area contributed by atoms with Gasteiger partial charge in [0.05, 0.1) is 21.7 Å². The van der Waals surface area contributed by atoms with E-state index in [1.54, 1.807) is 35.2 Å². The topological polar surface area (TPSA) is 75.7 Å². The molecule has 1 N–H and O–H groups in total. The van der Waals surface area contributed by atoms with E-state index >= 15 is 0 Å². The number of sulfonamides is 1. The molecule has 0 unspecified atom stereocenters. The molecule has 2 aromatic carbocycles. The van der Waals surface area contributed by atoms with Crippen molar-refractivity contribution in [1.29, 1.82) is 0 Å². The first-order valence-electron chi connectivity index (χ1n) is 10.6. The molecule has 1 amide bonds. The molecule has 2 aromatic rings. The van der Waals surface area contributed by atoms with E-state index in [2.05, 4.69) is 32.4 Å². The number of carbonyl (C=O) groups is 1. The maximum Gasteiger partial charge on any atom is 0.261 e. The molecule has 0 atom stereocenters. The first-order chi connectivity index (χ1) is 14.4. The molecule has 1 heterocycles. The van der Waals surface area contributed by atoms with Gasteiger partial charge in [-0.3, -0.25) is 9.52 Å². The number of hydrogen-bond donors (Lipinski definition) is 1. The van der Waals surface area contributed by atoms with Crippen LogP contribution in [-0.2, 0) is 14.8 Å². The van der Waals surface area contributed by atoms with Gasteiger partial charge in [-0.2, -0.15) is 0 Å². The minimum Gasteiger partial charge on any atom is -0.490 e. The van der Waals surface area contributed by atoms with Gasteiger partial charge in [0, 0.05) is 12.6 Å². The largest absolute Gasteiger partial charge is 0.490 e. The zero-order chi connectivity index (χ0) is 23.0. The molecule has 0 bridgehead atoms. The second-order valence-electron chi connectivity index (χ2n) is 9.49. The second kappa shape index (κ2) is 8.54. The van der Waals surface area contributed by atoms with Gasteiger partial charge < -0.3 is 9.64 Å². The van der Waals surface area contributed by atoms with Crippen LogP contribution in [0.1, 0.15) is 53.0 Å². The van der Waals surface area contributed by atoms with Gasteiger partial charge in [0.1, 0.15) is 12.4 Å². The molecule has 0 aromatic heterocycles. The van der Waals surface area contributed by atoms with Gasteiger partial charge in [-0.15, -0.1) is 0 Å². The van der Waals surface area contributed by atoms with Gasteiger partial charge in [0.15, 0.2) is 0 Å². The number of ether oxygens (including phenoxy) is 1. The number of hydrogen-bond acceptors (Lipinski definition) is 4. The Balaban J connectivity index is 1.92. The van der Waals surface area contributed by atoms with Gasteiger partial charge in [0.25, 0.3) is 10.0 Å². The summed E-state index contributed by atoms with van der Waals surface area (Å²) in [5.74, 6) is 1.10. The number of amides is 1. The summed E-state index contributed by atoms with van der Waals surface area (Å²) in [4.78, 5) is 15.0. The molecule has 31 heavy (non-hydrogen) atoms. The molecular weight excluding hydrogens is 412 g/mol. The average Bonchev–Trinajstić information content (AvgIpc) is 2.78. The quantitative estimate of drug-likeness (QED) is 0.679. The van der Waals surface area contributed by atoms with Crippen molar-refractivity contribution in [1.82, 2.24) is 0 Å². The Morgan fingerprint density at radius 2 is 1.71 bits per heavy atom. The molecule has 3 rings (SSSR count). The Kier molecular flexibility index (Phi) is 6.37. The predicted octanol–water partition coefficient (Wildman–Crippen LogP) is 5.02. The zero-order valence-corrected chi connectivity index (χ0v) is 19.9. The molecule has 0 saturated carbocycles. The fourth-order valence-corrected chi connectivity index (χ4v) is 4.55. The highest BCUT2D eigenvalue weighted by Gasteiger charge is 2.38. The van der Waals surface area contributed by atoms with E-state index in [1.807, 2.05) is 26.0 Å². The minimum atomic E-state index is -3.74. The van der Waals surface area contributed by atoms with Crippen molar-refractivity contribution in [2.75, 3.05) is 22.8 Å². The molecule has 7 heteroatoms. The smallest absolute Gasteiger partial charge is 0.261 e. The summed E-state index contributed by atoms with van der Waals surface area (Å²) >= 11 is 0. The minimum absolute atomic E-state index is 0.00137. The number of nitrogens with zero attached hydrogens (tertiary/aromatic N) is 1. The SMILES string of the molecule is CC(C)CN1C(=O)C(C)(C)COc2cc(NS(=O)(=O)c3ccc(C(C)C)cc3)ccc21. The van der Waals surface area contributed by atoms with Crippen LogP contribution in [0.25, 0.3) is 0 Å². The van der Waals surface area contributed by atoms with E-state index < -0.39 is 15.4 Å². The first kappa shape index (κ1) is 23.1. The van der Waals surface area contributed by atoms with Crippen molar-refractivity contribution in [2.24, 2.45) is 11.3 Å². The lowest BCUT2D eigenvalue weighted by atomic mass is 9.92. The summed E-state index contributed by atoms with van der Waals surface area (Å²) in [6.07, 6.45) is 0. The molecule has 168 valence electrons. The molecule has 1 aliphatic rings. The summed E-state index contributed by atoms with van der Waals surface area (Å²) in [7, 11) is -3.74. The maximum atomic E-state index is 13.1. The number of nitrogens with one attached hydrogen (secondary N) is 1. The summed E-state index contributed by atoms with van der Waals surface area (Å²) in [6, 6.07) is 12.0. The monoisotopic (exact) mass is 444 g/mol. The Hall–Kier alpha value is -2.54. The van der Waals surface area contributed by atoms with Crippen molar-refractivity contribution in [3.05, 3.63) is 48.0 Å². The van der Waals surface area contributed by atoms with E-state index in [0.717, 1.165) is 5.56 Å². The molecule has 1 aliphatic heterocycles. The van der Waals surface area contributed by atoms with Crippen molar-refractivity contribution >= 4 is 27.3 Å². The van der Waals surface area contributed by atoms with Gasteiger partial charge in [0.2, 0.25) is 5.91 Å². The first-order valence-corrected chi connectivity index (χ1v) is 12.1. The zero-order valence-electron chi connectivity index (χ0n) is 19.1. The van der Waals surface area contributed by atoms with Crippen LogP contribution in [0.4, 0.5) is 11.4 Å². The van der Waals surface area contributed by atoms with Crippen LogP contribution in [0.5, 0.6) is 5.75 Å². The lowest BCUT2D eigenvalue weighted by molar-refractivity contribution is -0.127. The summed E-state index contributed by atoms with van der Waals surface area (Å²) in [5.41, 5.74) is 1.46. The number of rotatable bonds is 6. The fraction of sp³-hybridized carbons (Fsp3) is 0.458. The highest BCUT2D eigenvalue weighted by atomic mass is 32.2. The number of fused-ring (bicyclic) bond motifs is 1. The average molecular weight is 445 g/mol. The summed E-state index contributed by atoms with van der Waals surface area (Å²) in [5, 5.41) is 0. The molecule has 0 aliphatic carbocycles. The van der Waals surface area contributed by atoms with Crippen molar-refractivity contribution in [2.45, 2.75) is 52.4 Å². The summed E-state index contributed by atoms with van der Waals surface area (Å²) in [6.45, 7) is 12.7. The molecule has 0 radical (unpaired) electrons. The maximum absolute atomic E-state index is 13.1. The van der Waals surface area contributed by atoms with Crippen LogP contribution in [0.3, 0.4) is 0 Å². The number of benzene rings is 2. The van der Waals surface area contributed by atoms with Crippen LogP contribution in [-0.4, -0.2) is 27.5 Å². The van der Waals surface area contributed by atoms with Crippen molar-refractivity contribution < 1.29 is 17.9 Å². The van der Waals surface area contributed by atoms with E-state index in [0.29, 0.717) is 29.6 Å². The molecule has 6 nitrogen and oxygen atoms in total. The standard InChI is InChI=1S/C24H32N2O4S/c1-16(2)14-26-21-12-9-19(13-22(21)30-15-24(5,6)23(26)27)25-31(28,29)20-10-7-18(8-11-20)17(3)4/h7-13,16-17,25H,14-15H2,1-6H3. The highest BCUT2D eigenvalue weighted by Crippen LogP contribution is 2.39. The Labute approximate surface area is 185 Å². The van der Waals surface area contributed by atoms with Crippen molar-refractivity contribution in [3.8, 4) is 5.75 Å². The van der Waals surface area contributed by atoms with Gasteiger partial charge >= 0.3 is 0 Å². The van der Waals surface area contributed by atoms with Gasteiger partial charge in [-0.25, -0.2) is 8.42 Å². The van der Waals surface area contributed by atoms with E-state index in [4.69, 9.17) is 4.74 Å². The van der Waals surface area contributed by atoms with Gasteiger partial charge in [-0.1, -0.05) is 39.8 Å². The molecular formula is C24H32N2O4S. The third-order valence-corrected chi connectivity index (χ3v) is 6.72. The van der Waals surface area contributed by atoms with Crippen LogP contribution in [0.15, 0.2) is 47.4 Å². The molecule has 0 fully saturated rings. The number of anilines is 2. The molecule has 0 saturated heterocycles. The normalized spacial score (nSPS) is 16.1. The van der Waals surface area contributed by atoms with Crippen LogP contribution < -0.4 is 14.4 Å². The second-order valence-corrected chi connectivity index (χ2v) is 11.2. The van der Waals surface area contributed by atoms with E-state index in [-0.39, 0.29) is 23.3 Å². The Morgan fingerprint density at radius 3 is 2.29 bits per heavy atom. The Bertz CT molecular complexity index is 1060. The van der Waals surface area contributed by atoms with Crippen LogP contribution in [0, 0.1) is 11.3 Å². The van der Waals surface area contributed by atoms with Gasteiger partial charge in [-0.05, 0) is 55.5 Å². The third-order valence-electron chi connectivity index (χ3n) is 5.32. The predicted molar refractivity (Wildman–Crippen MR) is 124 cm³/mol. The lowest BCUT2D eigenvalue weighted by Crippen LogP contribution is -2.43. The fourth-order valence-electron chi connectivity index (χ4n) is 3.50. The Morgan fingerprint density at radius 1 is 1.06 bits per heavy atom. The van der Waals surface area contributed by atoms with E-state index in [9.17, 15) is 13.2 Å². The lowest BCUT2D eigenvalue weighted by Gasteiger charge is -2.29. The highest BCUT2D eigenvalue weighted by molar-refractivity contribution is 7.92. The third kappa shape index (κ3) is 5.03. The van der Waals surface area contributed by atoms with Crippen molar-refractivity contribution in [3.63, 3.8) is 0 Å². The van der Waals surface area contributed by atoms with Crippen LogP contribution in [0.2, 0.25) is 0 Å². The molecule has 0 spiro atoms. The van der Waals surface area contributed by atoms with Crippen LogP contribution >= 0.6 is 0 Å². The number of carbonyl (C=O) groups excluding carboxylic acids is 1. The van der Waals surface area contributed by atoms with E-state index in [1.165, 1.54) is 0 Å².